The molecule has 0 aliphatic heterocycles. The molecule has 3 aromatic carbocycles. The van der Waals surface area contributed by atoms with E-state index in [0.29, 0.717) is 12.2 Å². The Hall–Kier alpha value is -3.60. The highest BCUT2D eigenvalue weighted by Gasteiger charge is 2.15. The number of carboxylic acid groups (broad SMARTS) is 1. The maximum absolute atomic E-state index is 12.7. The Bertz CT molecular complexity index is 1210. The molecule has 0 heterocycles. The van der Waals surface area contributed by atoms with E-state index in [2.05, 4.69) is 13.8 Å². The van der Waals surface area contributed by atoms with E-state index in [1.165, 1.54) is 44.9 Å². The van der Waals surface area contributed by atoms with E-state index < -0.39 is 5.97 Å². The Kier molecular flexibility index (Phi) is 13.4. The van der Waals surface area contributed by atoms with Crippen molar-refractivity contribution in [2.75, 3.05) is 6.61 Å². The number of aromatic carboxylic acids is 1. The summed E-state index contributed by atoms with van der Waals surface area (Å²) in [5.41, 5.74) is 4.18. The third-order valence-corrected chi connectivity index (χ3v) is 7.40. The van der Waals surface area contributed by atoms with Crippen LogP contribution >= 0.6 is 0 Å². The van der Waals surface area contributed by atoms with Gasteiger partial charge in [0.05, 0.1) is 23.8 Å². The number of carbonyl (C=O) groups is 2. The van der Waals surface area contributed by atoms with Gasteiger partial charge in [0, 0.05) is 0 Å². The van der Waals surface area contributed by atoms with Gasteiger partial charge < -0.3 is 14.6 Å². The predicted octanol–water partition coefficient (Wildman–Crippen LogP) is 9.97. The Balaban J connectivity index is 1.70. The Labute approximate surface area is 245 Å². The van der Waals surface area contributed by atoms with Crippen LogP contribution in [0.5, 0.6) is 5.75 Å². The minimum Gasteiger partial charge on any atom is -0.494 e. The first-order valence-corrected chi connectivity index (χ1v) is 15.3. The summed E-state index contributed by atoms with van der Waals surface area (Å²) in [4.78, 5) is 24.5. The van der Waals surface area contributed by atoms with Gasteiger partial charge in [-0.15, -0.1) is 0 Å². The van der Waals surface area contributed by atoms with Gasteiger partial charge in [-0.2, -0.15) is 0 Å². The average molecular weight is 559 g/mol. The second-order valence-corrected chi connectivity index (χ2v) is 10.8. The van der Waals surface area contributed by atoms with Crippen molar-refractivity contribution in [1.82, 2.24) is 0 Å². The molecule has 1 N–H and O–H groups in total. The molecule has 0 bridgehead atoms. The largest absolute Gasteiger partial charge is 0.494 e. The normalized spacial score (nSPS) is 11.7. The molecular formula is C36H46O5. The summed E-state index contributed by atoms with van der Waals surface area (Å²) >= 11 is 0. The van der Waals surface area contributed by atoms with Crippen molar-refractivity contribution < 1.29 is 24.2 Å². The van der Waals surface area contributed by atoms with Gasteiger partial charge in [-0.25, -0.2) is 9.59 Å². The van der Waals surface area contributed by atoms with Crippen LogP contribution in [0, 0.1) is 0 Å². The van der Waals surface area contributed by atoms with E-state index in [4.69, 9.17) is 9.47 Å². The molecule has 0 fully saturated rings. The van der Waals surface area contributed by atoms with Gasteiger partial charge in [-0.1, -0.05) is 95.5 Å². The van der Waals surface area contributed by atoms with Crippen molar-refractivity contribution >= 4 is 11.9 Å². The molecule has 0 spiro atoms. The van der Waals surface area contributed by atoms with Crippen molar-refractivity contribution in [3.63, 3.8) is 0 Å². The fourth-order valence-corrected chi connectivity index (χ4v) is 4.93. The number of hydrogen-bond acceptors (Lipinski definition) is 4. The quantitative estimate of drug-likeness (QED) is 0.124. The van der Waals surface area contributed by atoms with E-state index in [-0.39, 0.29) is 17.6 Å². The lowest BCUT2D eigenvalue weighted by Gasteiger charge is -2.15. The summed E-state index contributed by atoms with van der Waals surface area (Å²) in [6.07, 6.45) is 12.6. The third kappa shape index (κ3) is 10.4. The third-order valence-electron chi connectivity index (χ3n) is 7.40. The number of unbranched alkanes of at least 4 members (excludes halogenated alkanes) is 8. The second-order valence-electron chi connectivity index (χ2n) is 10.8. The van der Waals surface area contributed by atoms with E-state index in [0.717, 1.165) is 53.7 Å². The smallest absolute Gasteiger partial charge is 0.338 e. The minimum absolute atomic E-state index is 0.129. The number of ether oxygens (including phenoxy) is 2. The highest BCUT2D eigenvalue weighted by molar-refractivity contribution is 5.94. The first kappa shape index (κ1) is 31.9. The van der Waals surface area contributed by atoms with Crippen molar-refractivity contribution in [3.05, 3.63) is 77.9 Å². The van der Waals surface area contributed by atoms with Crippen LogP contribution in [0.4, 0.5) is 0 Å². The summed E-state index contributed by atoms with van der Waals surface area (Å²) in [6.45, 7) is 7.04. The summed E-state index contributed by atoms with van der Waals surface area (Å²) < 4.78 is 11.6. The first-order chi connectivity index (χ1) is 19.9. The molecule has 1 unspecified atom stereocenters. The molecule has 0 radical (unpaired) electrons. The minimum atomic E-state index is -0.982. The van der Waals surface area contributed by atoms with Crippen LogP contribution in [0.1, 0.15) is 112 Å². The zero-order chi connectivity index (χ0) is 29.5. The lowest BCUT2D eigenvalue weighted by atomic mass is 9.92. The van der Waals surface area contributed by atoms with Gasteiger partial charge in [-0.3, -0.25) is 0 Å². The van der Waals surface area contributed by atoms with Crippen molar-refractivity contribution in [2.24, 2.45) is 0 Å². The first-order valence-electron chi connectivity index (χ1n) is 15.3. The second kappa shape index (κ2) is 17.3. The van der Waals surface area contributed by atoms with Crippen LogP contribution in [-0.2, 0) is 4.74 Å². The van der Waals surface area contributed by atoms with Crippen LogP contribution in [0.15, 0.2) is 66.7 Å². The van der Waals surface area contributed by atoms with Crippen molar-refractivity contribution in [3.8, 4) is 28.0 Å². The SMILES string of the molecule is CCCCCCCCOc1ccc(-c2ccc(C(=O)O)cc2-c2ccc(C(=O)OC(C)CCCCCC)cc2)cc1. The summed E-state index contributed by atoms with van der Waals surface area (Å²) in [5, 5.41) is 9.63. The van der Waals surface area contributed by atoms with E-state index in [1.54, 1.807) is 24.3 Å². The molecule has 1 atom stereocenters. The molecule has 0 aromatic heterocycles. The van der Waals surface area contributed by atoms with Gasteiger partial charge >= 0.3 is 11.9 Å². The number of esters is 1. The lowest BCUT2D eigenvalue weighted by Crippen LogP contribution is -2.15. The number of carbonyl (C=O) groups excluding carboxylic acids is 1. The molecule has 3 aromatic rings. The Morgan fingerprint density at radius 1 is 0.683 bits per heavy atom. The molecule has 3 rings (SSSR count). The summed E-state index contributed by atoms with van der Waals surface area (Å²) in [5.74, 6) is -0.492. The summed E-state index contributed by atoms with van der Waals surface area (Å²) in [7, 11) is 0. The average Bonchev–Trinajstić information content (AvgIpc) is 2.99. The van der Waals surface area contributed by atoms with Crippen LogP contribution in [0.2, 0.25) is 0 Å². The van der Waals surface area contributed by atoms with Gasteiger partial charge in [0.1, 0.15) is 5.75 Å². The maximum Gasteiger partial charge on any atom is 0.338 e. The molecule has 0 aliphatic carbocycles. The van der Waals surface area contributed by atoms with E-state index in [9.17, 15) is 14.7 Å². The van der Waals surface area contributed by atoms with Crippen molar-refractivity contribution in [1.29, 1.82) is 0 Å². The molecule has 0 saturated carbocycles. The fourth-order valence-electron chi connectivity index (χ4n) is 4.93. The van der Waals surface area contributed by atoms with Gasteiger partial charge in [0.15, 0.2) is 0 Å². The highest BCUT2D eigenvalue weighted by Crippen LogP contribution is 2.34. The number of carboxylic acids is 1. The van der Waals surface area contributed by atoms with Crippen LogP contribution in [-0.4, -0.2) is 29.8 Å². The molecule has 5 nitrogen and oxygen atoms in total. The van der Waals surface area contributed by atoms with Crippen molar-refractivity contribution in [2.45, 2.75) is 97.5 Å². The van der Waals surface area contributed by atoms with Gasteiger partial charge in [-0.05, 0) is 84.8 Å². The Morgan fingerprint density at radius 2 is 1.24 bits per heavy atom. The fraction of sp³-hybridized carbons (Fsp3) is 0.444. The van der Waals surface area contributed by atoms with Gasteiger partial charge in [0.2, 0.25) is 0 Å². The zero-order valence-electron chi connectivity index (χ0n) is 25.0. The number of hydrogen-bond donors (Lipinski definition) is 1. The van der Waals surface area contributed by atoms with E-state index >= 15 is 0 Å². The van der Waals surface area contributed by atoms with Crippen LogP contribution in [0.25, 0.3) is 22.3 Å². The highest BCUT2D eigenvalue weighted by atomic mass is 16.5. The molecule has 41 heavy (non-hydrogen) atoms. The monoisotopic (exact) mass is 558 g/mol. The maximum atomic E-state index is 12.7. The molecule has 0 aliphatic rings. The number of benzene rings is 3. The molecule has 220 valence electrons. The molecule has 0 saturated heterocycles. The number of rotatable bonds is 18. The molecule has 0 amide bonds. The lowest BCUT2D eigenvalue weighted by molar-refractivity contribution is 0.0319. The Morgan fingerprint density at radius 3 is 1.90 bits per heavy atom. The van der Waals surface area contributed by atoms with Gasteiger partial charge in [0.25, 0.3) is 0 Å². The van der Waals surface area contributed by atoms with Crippen LogP contribution in [0.3, 0.4) is 0 Å². The van der Waals surface area contributed by atoms with Crippen LogP contribution < -0.4 is 4.74 Å². The zero-order valence-corrected chi connectivity index (χ0v) is 25.0. The summed E-state index contributed by atoms with van der Waals surface area (Å²) in [6, 6.07) is 20.3. The molecular weight excluding hydrogens is 512 g/mol. The topological polar surface area (TPSA) is 72.8 Å². The van der Waals surface area contributed by atoms with E-state index in [1.807, 2.05) is 49.4 Å². The molecule has 5 heteroatoms. The standard InChI is InChI=1S/C36H46O5/c1-4-6-8-10-11-13-25-40-32-22-19-28(20-23-32)33-24-21-31(35(37)38)26-34(33)29-15-17-30(18-16-29)36(39)41-27(3)14-12-9-7-5-2/h15-24,26-27H,4-14,25H2,1-3H3,(H,37,38). The predicted molar refractivity (Wildman–Crippen MR) is 167 cm³/mol.